The molecule has 0 spiro atoms. The highest BCUT2D eigenvalue weighted by Crippen LogP contribution is 2.33. The second kappa shape index (κ2) is 8.81. The third-order valence-electron chi connectivity index (χ3n) is 4.19. The molecule has 0 aliphatic heterocycles. The summed E-state index contributed by atoms with van der Waals surface area (Å²) >= 11 is 0. The number of esters is 1. The average molecular weight is 376 g/mol. The maximum atomic E-state index is 11.9. The van der Waals surface area contributed by atoms with Crippen LogP contribution in [0.25, 0.3) is 0 Å². The van der Waals surface area contributed by atoms with Crippen LogP contribution in [-0.2, 0) is 4.79 Å². The molecule has 142 valence electrons. The fourth-order valence-corrected chi connectivity index (χ4v) is 2.76. The molecule has 28 heavy (non-hydrogen) atoms. The lowest BCUT2D eigenvalue weighted by molar-refractivity contribution is -0.134. The first-order valence-corrected chi connectivity index (χ1v) is 8.89. The van der Waals surface area contributed by atoms with Crippen LogP contribution in [0, 0.1) is 0 Å². The topological polar surface area (TPSA) is 88.5 Å². The quantitative estimate of drug-likeness (QED) is 0.472. The van der Waals surface area contributed by atoms with Crippen molar-refractivity contribution < 1.29 is 19.4 Å². The minimum Gasteiger partial charge on any atom is -0.478 e. The van der Waals surface area contributed by atoms with Crippen molar-refractivity contribution in [2.24, 2.45) is 0 Å². The Bertz CT molecular complexity index is 956. The van der Waals surface area contributed by atoms with Gasteiger partial charge in [0.05, 0.1) is 11.6 Å². The Balaban J connectivity index is 2.04. The highest BCUT2D eigenvalue weighted by Gasteiger charge is 2.20. The number of carboxylic acid groups (broad SMARTS) is 1. The van der Waals surface area contributed by atoms with E-state index >= 15 is 0 Å². The Hall–Kier alpha value is -3.67. The third kappa shape index (κ3) is 4.54. The molecule has 0 amide bonds. The van der Waals surface area contributed by atoms with Crippen LogP contribution in [0.3, 0.4) is 0 Å². The minimum absolute atomic E-state index is 0.200. The predicted octanol–water partition coefficient (Wildman–Crippen LogP) is 4.30. The first kappa shape index (κ1) is 19.1. The van der Waals surface area contributed by atoms with Crippen LogP contribution in [0.1, 0.15) is 40.9 Å². The van der Waals surface area contributed by atoms with Gasteiger partial charge in [-0.05, 0) is 35.9 Å². The Morgan fingerprint density at radius 1 is 1.04 bits per heavy atom. The number of carboxylic acids is 1. The maximum absolute atomic E-state index is 11.9. The molecular formula is C22H20N2O4. The SMILES string of the molecule is CCC(=O)Oc1ccccc1C(Nc1ccccn1)c1ccc(C(=O)O)cc1. The van der Waals surface area contributed by atoms with E-state index in [0.29, 0.717) is 11.6 Å². The summed E-state index contributed by atoms with van der Waals surface area (Å²) < 4.78 is 5.50. The monoisotopic (exact) mass is 376 g/mol. The van der Waals surface area contributed by atoms with Crippen molar-refractivity contribution >= 4 is 17.8 Å². The summed E-state index contributed by atoms with van der Waals surface area (Å²) in [7, 11) is 0. The van der Waals surface area contributed by atoms with Crippen LogP contribution in [0.15, 0.2) is 72.9 Å². The molecule has 0 aliphatic carbocycles. The van der Waals surface area contributed by atoms with Gasteiger partial charge in [0.2, 0.25) is 0 Å². The number of nitrogens with zero attached hydrogens (tertiary/aromatic N) is 1. The van der Waals surface area contributed by atoms with Crippen molar-refractivity contribution in [3.8, 4) is 5.75 Å². The van der Waals surface area contributed by atoms with Crippen LogP contribution in [0.4, 0.5) is 5.82 Å². The van der Waals surface area contributed by atoms with E-state index in [1.165, 1.54) is 0 Å². The van der Waals surface area contributed by atoms with Gasteiger partial charge in [0.15, 0.2) is 0 Å². The summed E-state index contributed by atoms with van der Waals surface area (Å²) in [5, 5.41) is 12.5. The second-order valence-corrected chi connectivity index (χ2v) is 6.08. The van der Waals surface area contributed by atoms with Gasteiger partial charge in [-0.15, -0.1) is 0 Å². The van der Waals surface area contributed by atoms with Gasteiger partial charge in [0.25, 0.3) is 0 Å². The maximum Gasteiger partial charge on any atom is 0.335 e. The molecule has 2 N–H and O–H groups in total. The van der Waals surface area contributed by atoms with E-state index in [9.17, 15) is 9.59 Å². The van der Waals surface area contributed by atoms with Crippen molar-refractivity contribution in [1.29, 1.82) is 0 Å². The molecule has 1 unspecified atom stereocenters. The highest BCUT2D eigenvalue weighted by molar-refractivity contribution is 5.87. The van der Waals surface area contributed by atoms with E-state index in [-0.39, 0.29) is 18.0 Å². The third-order valence-corrected chi connectivity index (χ3v) is 4.19. The van der Waals surface area contributed by atoms with Crippen molar-refractivity contribution in [3.63, 3.8) is 0 Å². The number of nitrogens with one attached hydrogen (secondary N) is 1. The van der Waals surface area contributed by atoms with Gasteiger partial charge in [0.1, 0.15) is 11.6 Å². The summed E-state index contributed by atoms with van der Waals surface area (Å²) in [6, 6.07) is 19.0. The lowest BCUT2D eigenvalue weighted by atomic mass is 9.96. The number of hydrogen-bond acceptors (Lipinski definition) is 5. The second-order valence-electron chi connectivity index (χ2n) is 6.08. The zero-order valence-electron chi connectivity index (χ0n) is 15.3. The van der Waals surface area contributed by atoms with Crippen LogP contribution in [-0.4, -0.2) is 22.0 Å². The van der Waals surface area contributed by atoms with Crippen molar-refractivity contribution in [2.75, 3.05) is 5.32 Å². The van der Waals surface area contributed by atoms with Gasteiger partial charge in [-0.25, -0.2) is 9.78 Å². The van der Waals surface area contributed by atoms with Gasteiger partial charge < -0.3 is 15.2 Å². The first-order valence-electron chi connectivity index (χ1n) is 8.89. The zero-order valence-corrected chi connectivity index (χ0v) is 15.3. The van der Waals surface area contributed by atoms with Crippen molar-refractivity contribution in [3.05, 3.63) is 89.6 Å². The molecular weight excluding hydrogens is 356 g/mol. The number of benzene rings is 2. The Morgan fingerprint density at radius 2 is 1.75 bits per heavy atom. The summed E-state index contributed by atoms with van der Waals surface area (Å²) in [5.41, 5.74) is 1.76. The molecule has 3 aromatic rings. The van der Waals surface area contributed by atoms with Crippen molar-refractivity contribution in [2.45, 2.75) is 19.4 Å². The Kier molecular flexibility index (Phi) is 6.01. The summed E-state index contributed by atoms with van der Waals surface area (Å²) in [5.74, 6) is -0.222. The highest BCUT2D eigenvalue weighted by atomic mass is 16.5. The van der Waals surface area contributed by atoms with Crippen LogP contribution in [0.2, 0.25) is 0 Å². The molecule has 0 radical (unpaired) electrons. The standard InChI is InChI=1S/C22H20N2O4/c1-2-20(25)28-18-8-4-3-7-17(18)21(24-19-9-5-6-14-23-19)15-10-12-16(13-11-15)22(26)27/h3-14,21H,2H2,1H3,(H,23,24)(H,26,27). The Morgan fingerprint density at radius 3 is 2.39 bits per heavy atom. The molecule has 2 aromatic carbocycles. The van der Waals surface area contributed by atoms with Gasteiger partial charge in [-0.3, -0.25) is 4.79 Å². The van der Waals surface area contributed by atoms with Gasteiger partial charge in [-0.2, -0.15) is 0 Å². The number of rotatable bonds is 7. The molecule has 1 aromatic heterocycles. The van der Waals surface area contributed by atoms with E-state index < -0.39 is 12.0 Å². The summed E-state index contributed by atoms with van der Waals surface area (Å²) in [4.78, 5) is 27.3. The fourth-order valence-electron chi connectivity index (χ4n) is 2.76. The smallest absolute Gasteiger partial charge is 0.335 e. The molecule has 1 atom stereocenters. The molecule has 0 bridgehead atoms. The number of hydrogen-bond donors (Lipinski definition) is 2. The zero-order chi connectivity index (χ0) is 19.9. The van der Waals surface area contributed by atoms with E-state index in [4.69, 9.17) is 9.84 Å². The molecule has 0 saturated carbocycles. The van der Waals surface area contributed by atoms with E-state index in [1.807, 2.05) is 30.3 Å². The van der Waals surface area contributed by atoms with Gasteiger partial charge in [0, 0.05) is 18.2 Å². The number of aromatic carboxylic acids is 1. The fraction of sp³-hybridized carbons (Fsp3) is 0.136. The Labute approximate surface area is 162 Å². The number of ether oxygens (including phenoxy) is 1. The number of carbonyl (C=O) groups excluding carboxylic acids is 1. The average Bonchev–Trinajstić information content (AvgIpc) is 2.73. The minimum atomic E-state index is -0.988. The van der Waals surface area contributed by atoms with Crippen LogP contribution >= 0.6 is 0 Å². The lowest BCUT2D eigenvalue weighted by Crippen LogP contribution is -2.16. The predicted molar refractivity (Wildman–Crippen MR) is 105 cm³/mol. The van der Waals surface area contributed by atoms with Crippen LogP contribution in [0.5, 0.6) is 5.75 Å². The molecule has 0 saturated heterocycles. The molecule has 3 rings (SSSR count). The summed E-state index contributed by atoms with van der Waals surface area (Å²) in [6.07, 6.45) is 1.94. The number of pyridine rings is 1. The molecule has 6 nitrogen and oxygen atoms in total. The largest absolute Gasteiger partial charge is 0.478 e. The number of anilines is 1. The van der Waals surface area contributed by atoms with Gasteiger partial charge in [-0.1, -0.05) is 43.3 Å². The van der Waals surface area contributed by atoms with Crippen molar-refractivity contribution in [1.82, 2.24) is 4.98 Å². The number of para-hydroxylation sites is 1. The number of aromatic nitrogens is 1. The molecule has 0 aliphatic rings. The first-order chi connectivity index (χ1) is 13.6. The van der Waals surface area contributed by atoms with E-state index in [2.05, 4.69) is 10.3 Å². The summed E-state index contributed by atoms with van der Waals surface area (Å²) in [6.45, 7) is 1.74. The van der Waals surface area contributed by atoms with E-state index in [1.54, 1.807) is 49.5 Å². The molecule has 6 heteroatoms. The molecule has 1 heterocycles. The van der Waals surface area contributed by atoms with Crippen LogP contribution < -0.4 is 10.1 Å². The van der Waals surface area contributed by atoms with Gasteiger partial charge >= 0.3 is 11.9 Å². The number of carbonyl (C=O) groups is 2. The van der Waals surface area contributed by atoms with E-state index in [0.717, 1.165) is 11.1 Å². The normalized spacial score (nSPS) is 11.5. The lowest BCUT2D eigenvalue weighted by Gasteiger charge is -2.22. The molecule has 0 fully saturated rings.